The van der Waals surface area contributed by atoms with Gasteiger partial charge in [-0.15, -0.1) is 0 Å². The van der Waals surface area contributed by atoms with E-state index in [1.54, 1.807) is 17.2 Å². The summed E-state index contributed by atoms with van der Waals surface area (Å²) in [6.07, 6.45) is 3.05. The Morgan fingerprint density at radius 2 is 1.93 bits per heavy atom. The summed E-state index contributed by atoms with van der Waals surface area (Å²) in [7, 11) is 3.87. The van der Waals surface area contributed by atoms with Gasteiger partial charge in [0.2, 0.25) is 6.23 Å². The number of carbonyl (C=O) groups excluding carboxylic acids is 2. The average Bonchev–Trinajstić information content (AvgIpc) is 2.95. The Morgan fingerprint density at radius 3 is 2.57 bits per heavy atom. The lowest BCUT2D eigenvalue weighted by Gasteiger charge is -2.27. The largest absolute Gasteiger partial charge is 0.419 e. The third-order valence-corrected chi connectivity index (χ3v) is 4.43. The second kappa shape index (κ2) is 8.30. The zero-order valence-corrected chi connectivity index (χ0v) is 16.5. The normalized spacial score (nSPS) is 15.7. The van der Waals surface area contributed by atoms with Crippen LogP contribution in [0, 0.1) is 6.92 Å². The van der Waals surface area contributed by atoms with Crippen molar-refractivity contribution in [3.63, 3.8) is 0 Å². The van der Waals surface area contributed by atoms with Crippen molar-refractivity contribution >= 4 is 17.8 Å². The molecule has 0 aliphatic carbocycles. The first-order valence-corrected chi connectivity index (χ1v) is 9.09. The summed E-state index contributed by atoms with van der Waals surface area (Å²) in [6.45, 7) is 5.49. The molecule has 3 heterocycles. The second-order valence-corrected chi connectivity index (χ2v) is 6.78. The summed E-state index contributed by atoms with van der Waals surface area (Å²) < 4.78 is 5.72. The van der Waals surface area contributed by atoms with Gasteiger partial charge in [-0.05, 0) is 39.6 Å². The molecule has 0 bridgehead atoms. The van der Waals surface area contributed by atoms with Gasteiger partial charge in [-0.1, -0.05) is 6.07 Å². The van der Waals surface area contributed by atoms with E-state index in [0.717, 1.165) is 5.56 Å². The van der Waals surface area contributed by atoms with Gasteiger partial charge in [-0.2, -0.15) is 0 Å². The number of rotatable bonds is 6. The van der Waals surface area contributed by atoms with Crippen LogP contribution in [0.1, 0.15) is 34.9 Å². The molecule has 1 atom stereocenters. The zero-order chi connectivity index (χ0) is 20.3. The van der Waals surface area contributed by atoms with Crippen molar-refractivity contribution in [3.05, 3.63) is 47.7 Å². The van der Waals surface area contributed by atoms with E-state index in [0.29, 0.717) is 31.1 Å². The third-order valence-electron chi connectivity index (χ3n) is 4.43. The maximum absolute atomic E-state index is 12.9. The highest BCUT2D eigenvalue weighted by molar-refractivity contribution is 6.08. The van der Waals surface area contributed by atoms with Crippen LogP contribution in [-0.4, -0.2) is 70.5 Å². The van der Waals surface area contributed by atoms with E-state index in [2.05, 4.69) is 15.0 Å². The fourth-order valence-electron chi connectivity index (χ4n) is 2.84. The van der Waals surface area contributed by atoms with Crippen molar-refractivity contribution in [1.29, 1.82) is 0 Å². The number of aromatic nitrogens is 3. The molecule has 0 spiro atoms. The minimum atomic E-state index is -1.01. The molecule has 2 aromatic rings. The number of nitrogens with zero attached hydrogens (tertiary/aromatic N) is 6. The number of ether oxygens (including phenoxy) is 1. The predicted octanol–water partition coefficient (Wildman–Crippen LogP) is 1.86. The monoisotopic (exact) mass is 384 g/mol. The maximum atomic E-state index is 12.9. The average molecular weight is 384 g/mol. The minimum Gasteiger partial charge on any atom is -0.419 e. The first-order chi connectivity index (χ1) is 13.4. The number of fused-ring (bicyclic) bond motifs is 1. The van der Waals surface area contributed by atoms with Crippen LogP contribution in [0.2, 0.25) is 0 Å². The molecule has 28 heavy (non-hydrogen) atoms. The molecule has 0 N–H and O–H groups in total. The predicted molar refractivity (Wildman–Crippen MR) is 103 cm³/mol. The molecule has 2 amide bonds. The lowest BCUT2D eigenvalue weighted by molar-refractivity contribution is 0.0590. The van der Waals surface area contributed by atoms with Gasteiger partial charge in [-0.25, -0.2) is 19.7 Å². The molecule has 0 aromatic carbocycles. The Labute approximate surface area is 164 Å². The lowest BCUT2D eigenvalue weighted by atomic mass is 10.3. The smallest absolute Gasteiger partial charge is 0.412 e. The van der Waals surface area contributed by atoms with Gasteiger partial charge in [0.15, 0.2) is 5.69 Å². The number of aryl methyl sites for hydroxylation is 1. The van der Waals surface area contributed by atoms with Crippen LogP contribution in [0.25, 0.3) is 0 Å². The van der Waals surface area contributed by atoms with Crippen LogP contribution in [0.3, 0.4) is 0 Å². The van der Waals surface area contributed by atoms with E-state index in [1.165, 1.54) is 17.3 Å². The Bertz CT molecular complexity index is 855. The minimum absolute atomic E-state index is 0.166. The van der Waals surface area contributed by atoms with Crippen LogP contribution < -0.4 is 4.90 Å². The molecule has 9 nitrogen and oxygen atoms in total. The molecule has 0 radical (unpaired) electrons. The van der Waals surface area contributed by atoms with Crippen LogP contribution in [0.5, 0.6) is 0 Å². The number of anilines is 1. The molecule has 1 aliphatic rings. The second-order valence-electron chi connectivity index (χ2n) is 6.78. The first-order valence-electron chi connectivity index (χ1n) is 9.09. The topological polar surface area (TPSA) is 91.8 Å². The molecule has 2 aromatic heterocycles. The van der Waals surface area contributed by atoms with Gasteiger partial charge in [0, 0.05) is 38.2 Å². The van der Waals surface area contributed by atoms with Crippen molar-refractivity contribution in [2.24, 2.45) is 0 Å². The highest BCUT2D eigenvalue weighted by Crippen LogP contribution is 2.35. The summed E-state index contributed by atoms with van der Waals surface area (Å²) in [5.74, 6) is -0.0156. The first kappa shape index (κ1) is 19.7. The molecule has 148 valence electrons. The Hall–Kier alpha value is -3.07. The van der Waals surface area contributed by atoms with E-state index in [9.17, 15) is 9.59 Å². The molecular formula is C19H24N6O3. The molecule has 0 fully saturated rings. The van der Waals surface area contributed by atoms with E-state index in [4.69, 9.17) is 4.74 Å². The zero-order valence-electron chi connectivity index (χ0n) is 16.5. The van der Waals surface area contributed by atoms with Gasteiger partial charge < -0.3 is 14.5 Å². The van der Waals surface area contributed by atoms with Gasteiger partial charge in [0.05, 0.1) is 0 Å². The standard InChI is InChI=1S/C19H24N6O3/c1-5-24(11-10-23(3)4)19(27)28-18-16-15(20-8-9-21-16)17(26)25(18)14-7-6-13(2)12-22-14/h6-9,12,18H,5,10-11H2,1-4H3/t18-/m0/s1. The van der Waals surface area contributed by atoms with Crippen LogP contribution in [0.15, 0.2) is 30.7 Å². The molecule has 0 saturated heterocycles. The molecule has 9 heteroatoms. The number of likely N-dealkylation sites (N-methyl/N-ethyl adjacent to an activating group) is 2. The van der Waals surface area contributed by atoms with E-state index in [1.807, 2.05) is 38.9 Å². The van der Waals surface area contributed by atoms with Gasteiger partial charge in [-0.3, -0.25) is 9.78 Å². The summed E-state index contributed by atoms with van der Waals surface area (Å²) in [5, 5.41) is 0. The number of pyridine rings is 1. The number of hydrogen-bond donors (Lipinski definition) is 0. The van der Waals surface area contributed by atoms with Crippen molar-refractivity contribution in [2.75, 3.05) is 38.6 Å². The van der Waals surface area contributed by atoms with Gasteiger partial charge in [0.1, 0.15) is 11.5 Å². The van der Waals surface area contributed by atoms with Gasteiger partial charge in [0.25, 0.3) is 5.91 Å². The summed E-state index contributed by atoms with van der Waals surface area (Å²) in [5.41, 5.74) is 1.43. The van der Waals surface area contributed by atoms with Gasteiger partial charge >= 0.3 is 6.09 Å². The molecular weight excluding hydrogens is 360 g/mol. The van der Waals surface area contributed by atoms with E-state index in [-0.39, 0.29) is 5.69 Å². The number of hydrogen-bond acceptors (Lipinski definition) is 7. The molecule has 1 aliphatic heterocycles. The van der Waals surface area contributed by atoms with Crippen molar-refractivity contribution < 1.29 is 14.3 Å². The Morgan fingerprint density at radius 1 is 1.18 bits per heavy atom. The van der Waals surface area contributed by atoms with Crippen molar-refractivity contribution in [1.82, 2.24) is 24.8 Å². The van der Waals surface area contributed by atoms with E-state index < -0.39 is 18.2 Å². The summed E-state index contributed by atoms with van der Waals surface area (Å²) in [4.78, 5) is 43.2. The van der Waals surface area contributed by atoms with E-state index >= 15 is 0 Å². The summed E-state index contributed by atoms with van der Waals surface area (Å²) >= 11 is 0. The SMILES string of the molecule is CCN(CCN(C)C)C(=O)O[C@H]1c2nccnc2C(=O)N1c1ccc(C)cn1. The fraction of sp³-hybridized carbons (Fsp3) is 0.421. The number of carbonyl (C=O) groups is 2. The fourth-order valence-corrected chi connectivity index (χ4v) is 2.84. The quantitative estimate of drug-likeness (QED) is 0.750. The highest BCUT2D eigenvalue weighted by Gasteiger charge is 2.44. The highest BCUT2D eigenvalue weighted by atomic mass is 16.6. The number of amides is 2. The van der Waals surface area contributed by atoms with Crippen LogP contribution in [-0.2, 0) is 4.74 Å². The molecule has 0 saturated carbocycles. The lowest BCUT2D eigenvalue weighted by Crippen LogP contribution is -2.40. The van der Waals surface area contributed by atoms with Crippen LogP contribution >= 0.6 is 0 Å². The maximum Gasteiger partial charge on any atom is 0.412 e. The molecule has 3 rings (SSSR count). The van der Waals surface area contributed by atoms with Crippen LogP contribution in [0.4, 0.5) is 10.6 Å². The van der Waals surface area contributed by atoms with Crippen molar-refractivity contribution in [2.45, 2.75) is 20.1 Å². The van der Waals surface area contributed by atoms with Crippen molar-refractivity contribution in [3.8, 4) is 0 Å². The molecule has 0 unspecified atom stereocenters. The third kappa shape index (κ3) is 3.94. The Kier molecular flexibility index (Phi) is 5.84. The Balaban J connectivity index is 1.89. The summed E-state index contributed by atoms with van der Waals surface area (Å²) in [6, 6.07) is 3.55.